The van der Waals surface area contributed by atoms with Gasteiger partial charge in [0.2, 0.25) is 11.8 Å². The van der Waals surface area contributed by atoms with Crippen molar-refractivity contribution in [2.75, 3.05) is 32.8 Å². The zero-order valence-corrected chi connectivity index (χ0v) is 17.2. The summed E-state index contributed by atoms with van der Waals surface area (Å²) in [5, 5.41) is 0. The fraction of sp³-hybridized carbons (Fsp3) is 0.609. The van der Waals surface area contributed by atoms with Crippen molar-refractivity contribution in [3.63, 3.8) is 0 Å². The zero-order valence-electron chi connectivity index (χ0n) is 17.2. The summed E-state index contributed by atoms with van der Waals surface area (Å²) in [7, 11) is 0. The van der Waals surface area contributed by atoms with E-state index in [9.17, 15) is 14.4 Å². The number of cyclic esters (lactones) is 1. The summed E-state index contributed by atoms with van der Waals surface area (Å²) in [6.45, 7) is 2.27. The lowest BCUT2D eigenvalue weighted by atomic mass is 9.70. The number of piperidine rings is 3. The lowest BCUT2D eigenvalue weighted by molar-refractivity contribution is -0.156. The lowest BCUT2D eigenvalue weighted by Crippen LogP contribution is -2.66. The minimum atomic E-state index is -0.397. The molecule has 7 nitrogen and oxygen atoms in total. The van der Waals surface area contributed by atoms with Crippen LogP contribution in [0.4, 0.5) is 4.79 Å². The first-order chi connectivity index (χ1) is 14.6. The van der Waals surface area contributed by atoms with Crippen LogP contribution in [-0.4, -0.2) is 77.5 Å². The molecule has 30 heavy (non-hydrogen) atoms. The number of fused-ring (bicyclic) bond motifs is 4. The van der Waals surface area contributed by atoms with E-state index in [-0.39, 0.29) is 36.4 Å². The number of hydrogen-bond donors (Lipinski definition) is 0. The number of carbonyl (C=O) groups is 3. The van der Waals surface area contributed by atoms with Crippen LogP contribution in [0, 0.1) is 11.8 Å². The molecule has 0 spiro atoms. The Hall–Kier alpha value is -2.57. The Labute approximate surface area is 176 Å². The highest BCUT2D eigenvalue weighted by Crippen LogP contribution is 2.42. The summed E-state index contributed by atoms with van der Waals surface area (Å²) in [5.41, 5.74) is 1.24. The first-order valence-corrected chi connectivity index (χ1v) is 11.1. The largest absolute Gasteiger partial charge is 0.448 e. The van der Waals surface area contributed by atoms with Gasteiger partial charge in [0.05, 0.1) is 6.54 Å². The van der Waals surface area contributed by atoms with E-state index in [1.54, 1.807) is 0 Å². The summed E-state index contributed by atoms with van der Waals surface area (Å²) in [5.74, 6) is 0.880. The van der Waals surface area contributed by atoms with Crippen LogP contribution in [-0.2, 0) is 20.7 Å². The van der Waals surface area contributed by atoms with Crippen LogP contribution in [0.25, 0.3) is 0 Å². The fourth-order valence-electron chi connectivity index (χ4n) is 5.93. The Morgan fingerprint density at radius 3 is 2.67 bits per heavy atom. The van der Waals surface area contributed by atoms with Gasteiger partial charge in [-0.15, -0.1) is 0 Å². The molecular formula is C23H29N3O4. The van der Waals surface area contributed by atoms with Gasteiger partial charge in [0.15, 0.2) is 0 Å². The van der Waals surface area contributed by atoms with Crippen molar-refractivity contribution in [3.8, 4) is 0 Å². The molecule has 0 unspecified atom stereocenters. The van der Waals surface area contributed by atoms with Crippen LogP contribution < -0.4 is 0 Å². The van der Waals surface area contributed by atoms with E-state index in [0.29, 0.717) is 38.6 Å². The molecule has 0 saturated carbocycles. The van der Waals surface area contributed by atoms with E-state index < -0.39 is 6.09 Å². The van der Waals surface area contributed by atoms with Crippen LogP contribution in [0.1, 0.15) is 31.2 Å². The van der Waals surface area contributed by atoms with Gasteiger partial charge < -0.3 is 14.5 Å². The monoisotopic (exact) mass is 411 g/mol. The maximum absolute atomic E-state index is 13.0. The standard InChI is InChI=1S/C23H29N3O4/c27-21-8-4-7-19-17-12-18(20(26(19)21)11-16-5-2-1-3-6-16)14-25(13-17)22(28)15-24-9-10-30-23(24)29/h1-3,5-6,17-20H,4,7-15H2/t17-,18+,19+,20+/m1/s1. The van der Waals surface area contributed by atoms with Crippen LogP contribution in [0.3, 0.4) is 0 Å². The minimum absolute atomic E-state index is 0.00222. The van der Waals surface area contributed by atoms with Gasteiger partial charge in [-0.25, -0.2) is 4.79 Å². The first kappa shape index (κ1) is 19.4. The van der Waals surface area contributed by atoms with Crippen molar-refractivity contribution >= 4 is 17.9 Å². The highest BCUT2D eigenvalue weighted by atomic mass is 16.6. The molecule has 4 heterocycles. The number of rotatable bonds is 4. The molecule has 0 aromatic heterocycles. The molecule has 1 aromatic rings. The summed E-state index contributed by atoms with van der Waals surface area (Å²) >= 11 is 0. The molecule has 4 atom stereocenters. The SMILES string of the molecule is O=C(CN1CCOC1=O)N1C[C@H]2C[C@@H](C1)[C@H](Cc1ccccc1)N1C(=O)CCC[C@@H]21. The van der Waals surface area contributed by atoms with Crippen molar-refractivity contribution in [1.29, 1.82) is 0 Å². The molecule has 160 valence electrons. The number of benzene rings is 1. The third-order valence-electron chi connectivity index (χ3n) is 7.31. The van der Waals surface area contributed by atoms with Crippen molar-refractivity contribution in [1.82, 2.24) is 14.7 Å². The van der Waals surface area contributed by atoms with Crippen molar-refractivity contribution in [2.45, 2.75) is 44.2 Å². The summed E-state index contributed by atoms with van der Waals surface area (Å²) in [6, 6.07) is 10.7. The molecule has 4 fully saturated rings. The Bertz CT molecular complexity index is 829. The molecule has 4 aliphatic rings. The van der Waals surface area contributed by atoms with Crippen LogP contribution in [0.5, 0.6) is 0 Å². The number of likely N-dealkylation sites (tertiary alicyclic amines) is 1. The van der Waals surface area contributed by atoms with Crippen LogP contribution in [0.2, 0.25) is 0 Å². The molecule has 1 aromatic carbocycles. The molecular weight excluding hydrogens is 382 g/mol. The molecule has 5 rings (SSSR count). The summed E-state index contributed by atoms with van der Waals surface area (Å²) in [6.07, 6.45) is 4.11. The molecule has 0 radical (unpaired) electrons. The number of hydrogen-bond acceptors (Lipinski definition) is 4. The van der Waals surface area contributed by atoms with Crippen molar-refractivity contribution in [3.05, 3.63) is 35.9 Å². The highest BCUT2D eigenvalue weighted by Gasteiger charge is 2.50. The third-order valence-corrected chi connectivity index (χ3v) is 7.31. The maximum Gasteiger partial charge on any atom is 0.410 e. The average molecular weight is 412 g/mol. The van der Waals surface area contributed by atoms with Gasteiger partial charge >= 0.3 is 6.09 Å². The summed E-state index contributed by atoms with van der Waals surface area (Å²) in [4.78, 5) is 43.3. The zero-order chi connectivity index (χ0) is 20.7. The van der Waals surface area contributed by atoms with Crippen molar-refractivity contribution in [2.24, 2.45) is 11.8 Å². The smallest absolute Gasteiger partial charge is 0.410 e. The van der Waals surface area contributed by atoms with Gasteiger partial charge in [0.25, 0.3) is 0 Å². The Morgan fingerprint density at radius 2 is 1.90 bits per heavy atom. The molecule has 0 aliphatic carbocycles. The van der Waals surface area contributed by atoms with Gasteiger partial charge in [-0.3, -0.25) is 14.5 Å². The lowest BCUT2D eigenvalue weighted by Gasteiger charge is -2.56. The maximum atomic E-state index is 13.0. The van der Waals surface area contributed by atoms with Gasteiger partial charge in [-0.05, 0) is 43.1 Å². The first-order valence-electron chi connectivity index (χ1n) is 11.1. The van der Waals surface area contributed by atoms with Crippen LogP contribution in [0.15, 0.2) is 30.3 Å². The van der Waals surface area contributed by atoms with Crippen molar-refractivity contribution < 1.29 is 19.1 Å². The molecule has 3 amide bonds. The highest BCUT2D eigenvalue weighted by molar-refractivity contribution is 5.83. The van der Waals surface area contributed by atoms with E-state index in [2.05, 4.69) is 17.0 Å². The predicted molar refractivity (Wildman–Crippen MR) is 110 cm³/mol. The van der Waals surface area contributed by atoms with Gasteiger partial charge in [-0.2, -0.15) is 0 Å². The second kappa shape index (κ2) is 7.93. The van der Waals surface area contributed by atoms with Crippen LogP contribution >= 0.6 is 0 Å². The Balaban J connectivity index is 1.37. The van der Waals surface area contributed by atoms with E-state index in [1.165, 1.54) is 10.5 Å². The summed E-state index contributed by atoms with van der Waals surface area (Å²) < 4.78 is 4.97. The third kappa shape index (κ3) is 3.55. The number of carbonyl (C=O) groups excluding carboxylic acids is 3. The van der Waals surface area contributed by atoms with Gasteiger partial charge in [0, 0.05) is 31.6 Å². The normalized spacial score (nSPS) is 30.9. The topological polar surface area (TPSA) is 70.2 Å². The Kier molecular flexibility index (Phi) is 5.13. The number of ether oxygens (including phenoxy) is 1. The fourth-order valence-corrected chi connectivity index (χ4v) is 5.93. The number of nitrogens with zero attached hydrogens (tertiary/aromatic N) is 3. The van der Waals surface area contributed by atoms with E-state index in [4.69, 9.17) is 4.74 Å². The quantitative estimate of drug-likeness (QED) is 0.759. The molecule has 2 bridgehead atoms. The molecule has 4 aliphatic heterocycles. The second-order valence-electron chi connectivity index (χ2n) is 9.11. The predicted octanol–water partition coefficient (Wildman–Crippen LogP) is 1.91. The second-order valence-corrected chi connectivity index (χ2v) is 9.11. The number of amides is 3. The van der Waals surface area contributed by atoms with E-state index in [1.807, 2.05) is 23.1 Å². The molecule has 0 N–H and O–H groups in total. The molecule has 7 heteroatoms. The van der Waals surface area contributed by atoms with Gasteiger partial charge in [-0.1, -0.05) is 30.3 Å². The minimum Gasteiger partial charge on any atom is -0.448 e. The van der Waals surface area contributed by atoms with E-state index in [0.717, 1.165) is 25.7 Å². The van der Waals surface area contributed by atoms with E-state index >= 15 is 0 Å². The Morgan fingerprint density at radius 1 is 1.10 bits per heavy atom. The average Bonchev–Trinajstić information content (AvgIpc) is 3.16. The van der Waals surface area contributed by atoms with Gasteiger partial charge in [0.1, 0.15) is 13.2 Å². The molecule has 4 saturated heterocycles.